The minimum absolute atomic E-state index is 0.0822. The molecule has 0 radical (unpaired) electrons. The van der Waals surface area contributed by atoms with Gasteiger partial charge in [-0.2, -0.15) is 0 Å². The van der Waals surface area contributed by atoms with E-state index in [0.717, 1.165) is 4.31 Å². The van der Waals surface area contributed by atoms with Crippen molar-refractivity contribution < 1.29 is 23.1 Å². The Morgan fingerprint density at radius 2 is 2.00 bits per heavy atom. The number of carbonyl (C=O) groups is 2. The molecule has 0 aromatic heterocycles. The quantitative estimate of drug-likeness (QED) is 0.882. The number of nitrogens with zero attached hydrogens (tertiary/aromatic N) is 1. The Bertz CT molecular complexity index is 711. The van der Waals surface area contributed by atoms with E-state index in [1.54, 1.807) is 0 Å². The van der Waals surface area contributed by atoms with Gasteiger partial charge in [0.1, 0.15) is 0 Å². The zero-order valence-electron chi connectivity index (χ0n) is 10.8. The molecule has 0 unspecified atom stereocenters. The summed E-state index contributed by atoms with van der Waals surface area (Å²) in [6.07, 6.45) is 0. The number of amides is 1. The molecule has 1 heterocycles. The summed E-state index contributed by atoms with van der Waals surface area (Å²) in [4.78, 5) is 22.6. The molecule has 1 aromatic rings. The van der Waals surface area contributed by atoms with Crippen molar-refractivity contribution in [3.63, 3.8) is 0 Å². The van der Waals surface area contributed by atoms with Gasteiger partial charge in [0.05, 0.1) is 12.1 Å². The fourth-order valence-corrected chi connectivity index (χ4v) is 3.89. The van der Waals surface area contributed by atoms with Crippen LogP contribution in [0.5, 0.6) is 0 Å². The summed E-state index contributed by atoms with van der Waals surface area (Å²) in [6.45, 7) is 2.62. The Kier molecular flexibility index (Phi) is 3.42. The number of hydrogen-bond acceptors (Lipinski definition) is 4. The number of carboxylic acid groups (broad SMARTS) is 1. The minimum Gasteiger partial charge on any atom is -0.478 e. The Labute approximate surface area is 124 Å². The van der Waals surface area contributed by atoms with Gasteiger partial charge < -0.3 is 5.11 Å². The molecule has 2 rings (SSSR count). The van der Waals surface area contributed by atoms with Gasteiger partial charge >= 0.3 is 5.97 Å². The Hall–Kier alpha value is -1.41. The van der Waals surface area contributed by atoms with E-state index in [2.05, 4.69) is 15.9 Å². The first-order chi connectivity index (χ1) is 9.09. The molecule has 1 N–H and O–H groups in total. The number of carbonyl (C=O) groups excluding carboxylic acids is 1. The highest BCUT2D eigenvalue weighted by Gasteiger charge is 2.59. The number of aromatic carboxylic acids is 1. The Morgan fingerprint density at radius 1 is 1.40 bits per heavy atom. The predicted molar refractivity (Wildman–Crippen MR) is 74.7 cm³/mol. The van der Waals surface area contributed by atoms with Gasteiger partial charge in [0.2, 0.25) is 0 Å². The van der Waals surface area contributed by atoms with E-state index in [0.29, 0.717) is 10.0 Å². The summed E-state index contributed by atoms with van der Waals surface area (Å²) in [6, 6.07) is 4.23. The second-order valence-corrected chi connectivity index (χ2v) is 8.20. The zero-order chi connectivity index (χ0) is 15.3. The number of hydrogen-bond donors (Lipinski definition) is 1. The maximum atomic E-state index is 12.0. The standard InChI is InChI=1S/C12H12BrNO5S/c1-12(2)11(17)14(20(12,18)19)6-8-4-3-7(10(15)16)5-9(8)13/h3-5H,6H2,1-2H3,(H,15,16). The summed E-state index contributed by atoms with van der Waals surface area (Å²) >= 11 is 3.19. The van der Waals surface area contributed by atoms with E-state index in [4.69, 9.17) is 5.11 Å². The molecule has 20 heavy (non-hydrogen) atoms. The molecule has 8 heteroatoms. The zero-order valence-corrected chi connectivity index (χ0v) is 13.2. The smallest absolute Gasteiger partial charge is 0.335 e. The van der Waals surface area contributed by atoms with Crippen LogP contribution in [0.25, 0.3) is 0 Å². The molecule has 0 saturated carbocycles. The first-order valence-electron chi connectivity index (χ1n) is 5.67. The summed E-state index contributed by atoms with van der Waals surface area (Å²) < 4.78 is 23.8. The minimum atomic E-state index is -3.64. The largest absolute Gasteiger partial charge is 0.478 e. The van der Waals surface area contributed by atoms with Crippen LogP contribution >= 0.6 is 15.9 Å². The number of sulfonamides is 1. The van der Waals surface area contributed by atoms with Crippen molar-refractivity contribution in [3.05, 3.63) is 33.8 Å². The van der Waals surface area contributed by atoms with Crippen LogP contribution < -0.4 is 0 Å². The maximum absolute atomic E-state index is 12.0. The fourth-order valence-electron chi connectivity index (χ4n) is 1.88. The molecule has 1 saturated heterocycles. The van der Waals surface area contributed by atoms with Crippen molar-refractivity contribution in [1.82, 2.24) is 4.31 Å². The molecule has 0 bridgehead atoms. The van der Waals surface area contributed by atoms with Gasteiger partial charge in [-0.25, -0.2) is 17.5 Å². The van der Waals surface area contributed by atoms with Crippen LogP contribution in [0.15, 0.2) is 22.7 Å². The lowest BCUT2D eigenvalue weighted by atomic mass is 10.1. The van der Waals surface area contributed by atoms with Crippen molar-refractivity contribution in [1.29, 1.82) is 0 Å². The Balaban J connectivity index is 2.29. The average Bonchev–Trinajstić information content (AvgIpc) is 2.35. The number of carboxylic acids is 1. The molecule has 0 aliphatic carbocycles. The molecule has 1 amide bonds. The molecule has 0 spiro atoms. The second kappa shape index (κ2) is 4.56. The Morgan fingerprint density at radius 3 is 2.45 bits per heavy atom. The topological polar surface area (TPSA) is 91.8 Å². The molecule has 1 aromatic carbocycles. The van der Waals surface area contributed by atoms with Gasteiger partial charge in [0.15, 0.2) is 4.75 Å². The third kappa shape index (κ3) is 2.03. The summed E-state index contributed by atoms with van der Waals surface area (Å²) in [5, 5.41) is 8.85. The van der Waals surface area contributed by atoms with E-state index in [1.807, 2.05) is 0 Å². The molecule has 1 aliphatic heterocycles. The van der Waals surface area contributed by atoms with Gasteiger partial charge in [-0.05, 0) is 31.5 Å². The van der Waals surface area contributed by atoms with Gasteiger partial charge in [0.25, 0.3) is 15.9 Å². The van der Waals surface area contributed by atoms with Crippen LogP contribution in [0, 0.1) is 0 Å². The molecule has 6 nitrogen and oxygen atoms in total. The van der Waals surface area contributed by atoms with Crippen molar-refractivity contribution >= 4 is 37.8 Å². The second-order valence-electron chi connectivity index (χ2n) is 4.94. The fraction of sp³-hybridized carbons (Fsp3) is 0.333. The normalized spacial score (nSPS) is 19.6. The van der Waals surface area contributed by atoms with Gasteiger partial charge in [0, 0.05) is 4.47 Å². The van der Waals surface area contributed by atoms with Gasteiger partial charge in [-0.15, -0.1) is 0 Å². The third-order valence-corrected chi connectivity index (χ3v) is 6.37. The van der Waals surface area contributed by atoms with E-state index < -0.39 is 26.6 Å². The van der Waals surface area contributed by atoms with Crippen molar-refractivity contribution in [2.75, 3.05) is 0 Å². The molecule has 1 aliphatic rings. The van der Waals surface area contributed by atoms with E-state index >= 15 is 0 Å². The highest BCUT2D eigenvalue weighted by atomic mass is 79.9. The summed E-state index contributed by atoms with van der Waals surface area (Å²) in [7, 11) is -3.64. The van der Waals surface area contributed by atoms with Crippen LogP contribution in [0.1, 0.15) is 29.8 Å². The monoisotopic (exact) mass is 361 g/mol. The number of rotatable bonds is 3. The molecule has 1 fully saturated rings. The predicted octanol–water partition coefficient (Wildman–Crippen LogP) is 1.60. The van der Waals surface area contributed by atoms with E-state index in [1.165, 1.54) is 32.0 Å². The SMILES string of the molecule is CC1(C)C(=O)N(Cc2ccc(C(=O)O)cc2Br)S1(=O)=O. The van der Waals surface area contributed by atoms with Crippen LogP contribution in [0.3, 0.4) is 0 Å². The molecular formula is C12H12BrNO5S. The summed E-state index contributed by atoms with van der Waals surface area (Å²) in [5.41, 5.74) is 0.612. The van der Waals surface area contributed by atoms with Crippen LogP contribution in [-0.2, 0) is 21.4 Å². The molecular weight excluding hydrogens is 350 g/mol. The van der Waals surface area contributed by atoms with Crippen molar-refractivity contribution in [3.8, 4) is 0 Å². The highest BCUT2D eigenvalue weighted by molar-refractivity contribution is 9.10. The number of benzene rings is 1. The third-order valence-electron chi connectivity index (χ3n) is 3.29. The van der Waals surface area contributed by atoms with Gasteiger partial charge in [-0.3, -0.25) is 4.79 Å². The van der Waals surface area contributed by atoms with Crippen molar-refractivity contribution in [2.45, 2.75) is 25.1 Å². The van der Waals surface area contributed by atoms with Crippen LogP contribution in [0.4, 0.5) is 0 Å². The number of halogens is 1. The summed E-state index contributed by atoms with van der Waals surface area (Å²) in [5.74, 6) is -1.54. The van der Waals surface area contributed by atoms with Crippen molar-refractivity contribution in [2.24, 2.45) is 0 Å². The maximum Gasteiger partial charge on any atom is 0.335 e. The molecule has 0 atom stereocenters. The van der Waals surface area contributed by atoms with E-state index in [-0.39, 0.29) is 12.1 Å². The lowest BCUT2D eigenvalue weighted by molar-refractivity contribution is -0.132. The highest BCUT2D eigenvalue weighted by Crippen LogP contribution is 2.37. The van der Waals surface area contributed by atoms with Crippen LogP contribution in [-0.4, -0.2) is 34.5 Å². The van der Waals surface area contributed by atoms with Gasteiger partial charge in [-0.1, -0.05) is 22.0 Å². The first kappa shape index (κ1) is 15.0. The average molecular weight is 362 g/mol. The first-order valence-corrected chi connectivity index (χ1v) is 7.91. The van der Waals surface area contributed by atoms with Crippen LogP contribution in [0.2, 0.25) is 0 Å². The van der Waals surface area contributed by atoms with E-state index in [9.17, 15) is 18.0 Å². The lowest BCUT2D eigenvalue weighted by Gasteiger charge is -2.43. The lowest BCUT2D eigenvalue weighted by Crippen LogP contribution is -2.66. The molecule has 108 valence electrons.